The molecule has 1 fully saturated rings. The van der Waals surface area contributed by atoms with Crippen LogP contribution >= 0.6 is 15.9 Å². The van der Waals surface area contributed by atoms with Crippen LogP contribution < -0.4 is 4.90 Å². The normalized spacial score (nSPS) is 18.3. The molecule has 4 rings (SSSR count). The highest BCUT2D eigenvalue weighted by Gasteiger charge is 2.47. The van der Waals surface area contributed by atoms with Crippen molar-refractivity contribution in [3.63, 3.8) is 0 Å². The smallest absolute Gasteiger partial charge is 0.300 e. The standard InChI is InChI=1S/C23H15BrFNO3/c24-15-10-12-16(13-11-15)26-20(17-8-4-5-9-18(17)25)19(22(28)23(26)29)21(27)14-6-2-1-3-7-14/h1-13,20,27H/t20-/m1/s1. The number of benzene rings is 3. The van der Waals surface area contributed by atoms with Gasteiger partial charge in [-0.05, 0) is 30.3 Å². The van der Waals surface area contributed by atoms with Crippen LogP contribution in [0.1, 0.15) is 17.2 Å². The highest BCUT2D eigenvalue weighted by atomic mass is 79.9. The summed E-state index contributed by atoms with van der Waals surface area (Å²) in [6, 6.07) is 20.0. The Kier molecular flexibility index (Phi) is 5.03. The topological polar surface area (TPSA) is 57.6 Å². The first-order chi connectivity index (χ1) is 14.0. The van der Waals surface area contributed by atoms with Gasteiger partial charge in [0.15, 0.2) is 0 Å². The molecule has 1 saturated heterocycles. The number of carbonyl (C=O) groups is 2. The first-order valence-corrected chi connectivity index (χ1v) is 9.64. The zero-order valence-electron chi connectivity index (χ0n) is 15.0. The molecule has 0 unspecified atom stereocenters. The van der Waals surface area contributed by atoms with E-state index in [9.17, 15) is 19.1 Å². The van der Waals surface area contributed by atoms with Crippen molar-refractivity contribution in [2.45, 2.75) is 6.04 Å². The van der Waals surface area contributed by atoms with Gasteiger partial charge in [0.25, 0.3) is 11.7 Å². The second kappa shape index (κ2) is 7.64. The Hall–Kier alpha value is -3.25. The molecule has 29 heavy (non-hydrogen) atoms. The fourth-order valence-corrected chi connectivity index (χ4v) is 3.71. The van der Waals surface area contributed by atoms with Gasteiger partial charge in [0, 0.05) is 21.3 Å². The number of carbonyl (C=O) groups excluding carboxylic acids is 2. The van der Waals surface area contributed by atoms with E-state index in [1.54, 1.807) is 60.7 Å². The molecule has 144 valence electrons. The van der Waals surface area contributed by atoms with Crippen molar-refractivity contribution in [1.82, 2.24) is 0 Å². The molecular weight excluding hydrogens is 437 g/mol. The summed E-state index contributed by atoms with van der Waals surface area (Å²) in [5.41, 5.74) is 0.791. The van der Waals surface area contributed by atoms with Gasteiger partial charge in [0.05, 0.1) is 11.6 Å². The molecule has 6 heteroatoms. The Morgan fingerprint density at radius 2 is 1.52 bits per heavy atom. The van der Waals surface area contributed by atoms with Gasteiger partial charge in [-0.3, -0.25) is 14.5 Å². The number of anilines is 1. The molecule has 1 amide bonds. The number of hydrogen-bond donors (Lipinski definition) is 1. The third-order valence-corrected chi connectivity index (χ3v) is 5.32. The van der Waals surface area contributed by atoms with E-state index in [1.807, 2.05) is 0 Å². The summed E-state index contributed by atoms with van der Waals surface area (Å²) in [6.07, 6.45) is 0. The van der Waals surface area contributed by atoms with Crippen LogP contribution in [0.15, 0.2) is 88.9 Å². The van der Waals surface area contributed by atoms with E-state index >= 15 is 0 Å². The van der Waals surface area contributed by atoms with Gasteiger partial charge >= 0.3 is 0 Å². The van der Waals surface area contributed by atoms with Crippen LogP contribution in [0.2, 0.25) is 0 Å². The second-order valence-electron chi connectivity index (χ2n) is 6.53. The van der Waals surface area contributed by atoms with Gasteiger partial charge < -0.3 is 5.11 Å². The van der Waals surface area contributed by atoms with Crippen LogP contribution in [0.4, 0.5) is 10.1 Å². The zero-order chi connectivity index (χ0) is 20.5. The molecule has 1 atom stereocenters. The molecule has 0 radical (unpaired) electrons. The number of aliphatic hydroxyl groups is 1. The van der Waals surface area contributed by atoms with Gasteiger partial charge in [-0.15, -0.1) is 0 Å². The van der Waals surface area contributed by atoms with Crippen LogP contribution in [0, 0.1) is 5.82 Å². The average molecular weight is 452 g/mol. The number of halogens is 2. The highest BCUT2D eigenvalue weighted by Crippen LogP contribution is 2.42. The fraction of sp³-hybridized carbons (Fsp3) is 0.0435. The molecular formula is C23H15BrFNO3. The average Bonchev–Trinajstić information content (AvgIpc) is 3.00. The number of aliphatic hydroxyl groups excluding tert-OH is 1. The number of hydrogen-bond acceptors (Lipinski definition) is 3. The lowest BCUT2D eigenvalue weighted by atomic mass is 9.95. The molecule has 1 aliphatic rings. The van der Waals surface area contributed by atoms with Crippen molar-refractivity contribution in [1.29, 1.82) is 0 Å². The third-order valence-electron chi connectivity index (χ3n) is 4.80. The van der Waals surface area contributed by atoms with Gasteiger partial charge in [0.1, 0.15) is 11.6 Å². The third kappa shape index (κ3) is 3.36. The van der Waals surface area contributed by atoms with Crippen molar-refractivity contribution in [3.8, 4) is 0 Å². The second-order valence-corrected chi connectivity index (χ2v) is 7.45. The van der Waals surface area contributed by atoms with E-state index in [0.717, 1.165) is 4.47 Å². The molecule has 0 bridgehead atoms. The first kappa shape index (κ1) is 19.1. The van der Waals surface area contributed by atoms with Crippen LogP contribution in [-0.2, 0) is 9.59 Å². The molecule has 3 aromatic rings. The Morgan fingerprint density at radius 3 is 2.17 bits per heavy atom. The first-order valence-electron chi connectivity index (χ1n) is 8.85. The summed E-state index contributed by atoms with van der Waals surface area (Å²) in [5, 5.41) is 10.9. The molecule has 1 heterocycles. The van der Waals surface area contributed by atoms with Crippen molar-refractivity contribution in [2.75, 3.05) is 4.90 Å². The van der Waals surface area contributed by atoms with E-state index in [0.29, 0.717) is 11.3 Å². The molecule has 1 aliphatic heterocycles. The summed E-state index contributed by atoms with van der Waals surface area (Å²) in [4.78, 5) is 27.1. The molecule has 1 N–H and O–H groups in total. The van der Waals surface area contributed by atoms with Crippen LogP contribution in [0.25, 0.3) is 5.76 Å². The molecule has 0 aromatic heterocycles. The monoisotopic (exact) mass is 451 g/mol. The minimum absolute atomic E-state index is 0.132. The van der Waals surface area contributed by atoms with Crippen molar-refractivity contribution in [3.05, 3.63) is 106 Å². The van der Waals surface area contributed by atoms with Gasteiger partial charge in [-0.25, -0.2) is 4.39 Å². The van der Waals surface area contributed by atoms with Crippen LogP contribution in [0.5, 0.6) is 0 Å². The molecule has 0 spiro atoms. The van der Waals surface area contributed by atoms with E-state index in [-0.39, 0.29) is 16.9 Å². The maximum absolute atomic E-state index is 14.7. The lowest BCUT2D eigenvalue weighted by Gasteiger charge is -2.25. The number of nitrogens with zero attached hydrogens (tertiary/aromatic N) is 1. The summed E-state index contributed by atoms with van der Waals surface area (Å²) >= 11 is 3.34. The van der Waals surface area contributed by atoms with Gasteiger partial charge in [0.2, 0.25) is 0 Å². The molecule has 0 aliphatic carbocycles. The molecule has 3 aromatic carbocycles. The largest absolute Gasteiger partial charge is 0.507 e. The van der Waals surface area contributed by atoms with E-state index < -0.39 is 23.5 Å². The van der Waals surface area contributed by atoms with Crippen molar-refractivity contribution in [2.24, 2.45) is 0 Å². The summed E-state index contributed by atoms with van der Waals surface area (Å²) < 4.78 is 15.5. The van der Waals surface area contributed by atoms with Crippen molar-refractivity contribution < 1.29 is 19.1 Å². The number of Topliss-reactive ketones (excluding diaryl/α,β-unsaturated/α-hetero) is 1. The summed E-state index contributed by atoms with van der Waals surface area (Å²) in [7, 11) is 0. The van der Waals surface area contributed by atoms with E-state index in [2.05, 4.69) is 15.9 Å². The predicted molar refractivity (Wildman–Crippen MR) is 112 cm³/mol. The van der Waals surface area contributed by atoms with Crippen LogP contribution in [-0.4, -0.2) is 16.8 Å². The van der Waals surface area contributed by atoms with Crippen LogP contribution in [0.3, 0.4) is 0 Å². The fourth-order valence-electron chi connectivity index (χ4n) is 3.44. The lowest BCUT2D eigenvalue weighted by Crippen LogP contribution is -2.29. The Labute approximate surface area is 175 Å². The maximum atomic E-state index is 14.7. The lowest BCUT2D eigenvalue weighted by molar-refractivity contribution is -0.132. The quantitative estimate of drug-likeness (QED) is 0.337. The number of ketones is 1. The number of amides is 1. The molecule has 0 saturated carbocycles. The van der Waals surface area contributed by atoms with E-state index in [1.165, 1.54) is 23.1 Å². The Bertz CT molecular complexity index is 1130. The van der Waals surface area contributed by atoms with Gasteiger partial charge in [-0.2, -0.15) is 0 Å². The Balaban J connectivity index is 1.97. The molecule has 4 nitrogen and oxygen atoms in total. The minimum atomic E-state index is -1.09. The Morgan fingerprint density at radius 1 is 0.897 bits per heavy atom. The van der Waals surface area contributed by atoms with Crippen molar-refractivity contribution >= 4 is 39.1 Å². The van der Waals surface area contributed by atoms with Gasteiger partial charge in [-0.1, -0.05) is 64.5 Å². The predicted octanol–water partition coefficient (Wildman–Crippen LogP) is 5.21. The highest BCUT2D eigenvalue weighted by molar-refractivity contribution is 9.10. The zero-order valence-corrected chi connectivity index (χ0v) is 16.6. The summed E-state index contributed by atoms with van der Waals surface area (Å²) in [5.74, 6) is -2.59. The van der Waals surface area contributed by atoms with E-state index in [4.69, 9.17) is 0 Å². The minimum Gasteiger partial charge on any atom is -0.507 e. The maximum Gasteiger partial charge on any atom is 0.300 e. The number of rotatable bonds is 3. The SMILES string of the molecule is O=C1C(=O)N(c2ccc(Br)cc2)[C@H](c2ccccc2F)C1=C(O)c1ccccc1. The summed E-state index contributed by atoms with van der Waals surface area (Å²) in [6.45, 7) is 0.